The third-order valence-corrected chi connectivity index (χ3v) is 2.79. The van der Waals surface area contributed by atoms with Crippen molar-refractivity contribution in [3.63, 3.8) is 0 Å². The summed E-state index contributed by atoms with van der Waals surface area (Å²) in [5, 5.41) is 3.59. The van der Waals surface area contributed by atoms with E-state index < -0.39 is 0 Å². The highest BCUT2D eigenvalue weighted by Gasteiger charge is 2.19. The van der Waals surface area contributed by atoms with Crippen molar-refractivity contribution in [1.29, 1.82) is 0 Å². The van der Waals surface area contributed by atoms with Crippen LogP contribution in [0.15, 0.2) is 6.07 Å². The predicted molar refractivity (Wildman–Crippen MR) is 62.2 cm³/mol. The van der Waals surface area contributed by atoms with Crippen LogP contribution in [0.2, 0.25) is 5.28 Å². The summed E-state index contributed by atoms with van der Waals surface area (Å²) in [5.74, 6) is 1.84. The van der Waals surface area contributed by atoms with Crippen LogP contribution in [0.5, 0.6) is 0 Å². The maximum atomic E-state index is 5.76. The molecule has 0 unspecified atom stereocenters. The summed E-state index contributed by atoms with van der Waals surface area (Å²) in [6, 6.07) is 1.92. The van der Waals surface area contributed by atoms with Crippen molar-refractivity contribution in [2.45, 2.75) is 32.6 Å². The van der Waals surface area contributed by atoms with E-state index in [9.17, 15) is 0 Å². The second-order valence-corrected chi connectivity index (χ2v) is 4.51. The molecule has 0 spiro atoms. The van der Waals surface area contributed by atoms with Crippen molar-refractivity contribution in [2.24, 2.45) is 5.92 Å². The highest BCUT2D eigenvalue weighted by molar-refractivity contribution is 6.28. The van der Waals surface area contributed by atoms with E-state index in [-0.39, 0.29) is 0 Å². The van der Waals surface area contributed by atoms with E-state index in [1.807, 2.05) is 13.0 Å². The number of aryl methyl sites for hydroxylation is 1. The number of nitrogens with zero attached hydrogens (tertiary/aromatic N) is 2. The summed E-state index contributed by atoms with van der Waals surface area (Å²) in [4.78, 5) is 8.12. The summed E-state index contributed by atoms with van der Waals surface area (Å²) in [5.41, 5.74) is 0.902. The summed E-state index contributed by atoms with van der Waals surface area (Å²) >= 11 is 5.76. The number of halogens is 1. The first-order chi connectivity index (χ1) is 7.24. The molecule has 3 nitrogen and oxygen atoms in total. The Hall–Kier alpha value is -0.830. The van der Waals surface area contributed by atoms with Gasteiger partial charge >= 0.3 is 0 Å². The van der Waals surface area contributed by atoms with Crippen molar-refractivity contribution in [3.8, 4) is 0 Å². The summed E-state index contributed by atoms with van der Waals surface area (Å²) < 4.78 is 0. The zero-order valence-corrected chi connectivity index (χ0v) is 9.72. The van der Waals surface area contributed by atoms with Crippen LogP contribution in [0.3, 0.4) is 0 Å². The van der Waals surface area contributed by atoms with Crippen molar-refractivity contribution in [2.75, 3.05) is 11.9 Å². The molecule has 1 aliphatic rings. The second-order valence-electron chi connectivity index (χ2n) is 4.18. The predicted octanol–water partition coefficient (Wildman–Crippen LogP) is 3.04. The van der Waals surface area contributed by atoms with Gasteiger partial charge < -0.3 is 5.32 Å². The molecule has 4 heteroatoms. The Kier molecular flexibility index (Phi) is 3.41. The number of rotatable bonds is 5. The maximum Gasteiger partial charge on any atom is 0.224 e. The molecule has 0 saturated heterocycles. The van der Waals surface area contributed by atoms with Crippen molar-refractivity contribution in [3.05, 3.63) is 17.0 Å². The Morgan fingerprint density at radius 1 is 1.47 bits per heavy atom. The Balaban J connectivity index is 1.76. The molecule has 0 radical (unpaired) electrons. The Bertz CT molecular complexity index is 316. The molecule has 1 fully saturated rings. The first-order valence-corrected chi connectivity index (χ1v) is 5.87. The lowest BCUT2D eigenvalue weighted by Crippen LogP contribution is -2.04. The number of nitrogens with one attached hydrogen (secondary N) is 1. The van der Waals surface area contributed by atoms with Crippen LogP contribution >= 0.6 is 11.6 Å². The topological polar surface area (TPSA) is 37.8 Å². The van der Waals surface area contributed by atoms with Crippen LogP contribution < -0.4 is 5.32 Å². The normalized spacial score (nSPS) is 15.3. The van der Waals surface area contributed by atoms with Crippen molar-refractivity contribution < 1.29 is 0 Å². The fraction of sp³-hybridized carbons (Fsp3) is 0.636. The van der Waals surface area contributed by atoms with Crippen LogP contribution in [0.25, 0.3) is 0 Å². The lowest BCUT2D eigenvalue weighted by Gasteiger charge is -2.05. The van der Waals surface area contributed by atoms with Gasteiger partial charge in [0, 0.05) is 18.3 Å². The van der Waals surface area contributed by atoms with Crippen molar-refractivity contribution in [1.82, 2.24) is 9.97 Å². The molecule has 82 valence electrons. The van der Waals surface area contributed by atoms with Crippen LogP contribution in [0.1, 0.15) is 31.4 Å². The molecule has 0 amide bonds. The Morgan fingerprint density at radius 3 is 2.93 bits per heavy atom. The molecule has 0 bridgehead atoms. The lowest BCUT2D eigenvalue weighted by atomic mass is 10.2. The van der Waals surface area contributed by atoms with E-state index in [4.69, 9.17) is 11.6 Å². The molecule has 0 aromatic carbocycles. The molecule has 1 aromatic rings. The average molecular weight is 226 g/mol. The van der Waals surface area contributed by atoms with Crippen LogP contribution in [0, 0.1) is 12.8 Å². The molecular formula is C11H16ClN3. The highest BCUT2D eigenvalue weighted by atomic mass is 35.5. The molecule has 0 aliphatic heterocycles. The van der Waals surface area contributed by atoms with E-state index >= 15 is 0 Å². The molecule has 1 saturated carbocycles. The van der Waals surface area contributed by atoms with E-state index in [2.05, 4.69) is 15.3 Å². The molecule has 1 heterocycles. The fourth-order valence-corrected chi connectivity index (χ4v) is 1.86. The first kappa shape index (κ1) is 10.7. The van der Waals surface area contributed by atoms with Gasteiger partial charge in [-0.1, -0.05) is 12.8 Å². The Morgan fingerprint density at radius 2 is 2.27 bits per heavy atom. The number of hydrogen-bond donors (Lipinski definition) is 1. The molecule has 1 N–H and O–H groups in total. The molecule has 1 aromatic heterocycles. The van der Waals surface area contributed by atoms with E-state index in [0.29, 0.717) is 5.28 Å². The SMILES string of the molecule is Cc1cc(NCCCC2CC2)nc(Cl)n1. The van der Waals surface area contributed by atoms with Crippen LogP contribution in [-0.4, -0.2) is 16.5 Å². The third kappa shape index (κ3) is 3.67. The van der Waals surface area contributed by atoms with Gasteiger partial charge in [-0.25, -0.2) is 9.97 Å². The molecule has 2 rings (SSSR count). The van der Waals surface area contributed by atoms with E-state index in [1.165, 1.54) is 25.7 Å². The maximum absolute atomic E-state index is 5.76. The van der Waals surface area contributed by atoms with Crippen molar-refractivity contribution >= 4 is 17.4 Å². The minimum atomic E-state index is 0.319. The van der Waals surface area contributed by atoms with Crippen LogP contribution in [0.4, 0.5) is 5.82 Å². The molecular weight excluding hydrogens is 210 g/mol. The zero-order valence-electron chi connectivity index (χ0n) is 8.96. The van der Waals surface area contributed by atoms with Crippen LogP contribution in [-0.2, 0) is 0 Å². The minimum absolute atomic E-state index is 0.319. The molecule has 0 atom stereocenters. The standard InChI is InChI=1S/C11H16ClN3/c1-8-7-10(15-11(12)14-8)13-6-2-3-9-4-5-9/h7,9H,2-6H2,1H3,(H,13,14,15). The van der Waals surface area contributed by atoms with Gasteiger partial charge in [0.05, 0.1) is 0 Å². The molecule has 1 aliphatic carbocycles. The lowest BCUT2D eigenvalue weighted by molar-refractivity contribution is 0.686. The van der Waals surface area contributed by atoms with Gasteiger partial charge in [0.2, 0.25) is 5.28 Å². The van der Waals surface area contributed by atoms with Gasteiger partial charge in [-0.3, -0.25) is 0 Å². The number of anilines is 1. The first-order valence-electron chi connectivity index (χ1n) is 5.49. The summed E-state index contributed by atoms with van der Waals surface area (Å²) in [7, 11) is 0. The van der Waals surface area contributed by atoms with Gasteiger partial charge in [-0.2, -0.15) is 0 Å². The van der Waals surface area contributed by atoms with Gasteiger partial charge in [-0.15, -0.1) is 0 Å². The quantitative estimate of drug-likeness (QED) is 0.618. The second kappa shape index (κ2) is 4.79. The Labute approximate surface area is 95.3 Å². The highest BCUT2D eigenvalue weighted by Crippen LogP contribution is 2.33. The average Bonchev–Trinajstić information content (AvgIpc) is 2.94. The monoisotopic (exact) mass is 225 g/mol. The fourth-order valence-electron chi connectivity index (χ4n) is 1.64. The molecule has 15 heavy (non-hydrogen) atoms. The van der Waals surface area contributed by atoms with E-state index in [0.717, 1.165) is 24.0 Å². The number of aromatic nitrogens is 2. The number of hydrogen-bond acceptors (Lipinski definition) is 3. The zero-order chi connectivity index (χ0) is 10.7. The van der Waals surface area contributed by atoms with Gasteiger partial charge in [0.1, 0.15) is 5.82 Å². The van der Waals surface area contributed by atoms with Gasteiger partial charge in [-0.05, 0) is 37.3 Å². The van der Waals surface area contributed by atoms with Gasteiger partial charge in [0.15, 0.2) is 0 Å². The third-order valence-electron chi connectivity index (χ3n) is 2.62. The smallest absolute Gasteiger partial charge is 0.224 e. The van der Waals surface area contributed by atoms with Gasteiger partial charge in [0.25, 0.3) is 0 Å². The summed E-state index contributed by atoms with van der Waals surface area (Å²) in [6.07, 6.45) is 5.41. The minimum Gasteiger partial charge on any atom is -0.370 e. The van der Waals surface area contributed by atoms with E-state index in [1.54, 1.807) is 0 Å². The largest absolute Gasteiger partial charge is 0.370 e. The summed E-state index contributed by atoms with van der Waals surface area (Å²) in [6.45, 7) is 2.90.